The topological polar surface area (TPSA) is 70.2 Å². The van der Waals surface area contributed by atoms with Crippen LogP contribution in [0.5, 0.6) is 0 Å². The third kappa shape index (κ3) is 4.31. The average Bonchev–Trinajstić information content (AvgIpc) is 3.27. The molecule has 2 aromatic carbocycles. The Kier molecular flexibility index (Phi) is 5.33. The number of nitrogens with zero attached hydrogens (tertiary/aromatic N) is 3. The zero-order chi connectivity index (χ0) is 20.2. The summed E-state index contributed by atoms with van der Waals surface area (Å²) in [6.07, 6.45) is 2.40. The lowest BCUT2D eigenvalue weighted by Gasteiger charge is -2.17. The SMILES string of the molecule is O=C(Nc1ccc(N2CCCC2)cc1)c1ccc(Nc2c(F)cccc2F)nn1. The van der Waals surface area contributed by atoms with E-state index < -0.39 is 17.5 Å². The van der Waals surface area contributed by atoms with Crippen LogP contribution in [0.2, 0.25) is 0 Å². The van der Waals surface area contributed by atoms with Gasteiger partial charge < -0.3 is 15.5 Å². The zero-order valence-corrected chi connectivity index (χ0v) is 15.5. The van der Waals surface area contributed by atoms with Gasteiger partial charge in [0, 0.05) is 24.5 Å². The Hall–Kier alpha value is -3.55. The first-order valence-corrected chi connectivity index (χ1v) is 9.31. The molecule has 2 N–H and O–H groups in total. The Morgan fingerprint density at radius 3 is 2.21 bits per heavy atom. The molecule has 0 aliphatic carbocycles. The Morgan fingerprint density at radius 2 is 1.59 bits per heavy atom. The lowest BCUT2D eigenvalue weighted by Crippen LogP contribution is -2.18. The van der Waals surface area contributed by atoms with Crippen molar-refractivity contribution in [3.63, 3.8) is 0 Å². The summed E-state index contributed by atoms with van der Waals surface area (Å²) >= 11 is 0. The van der Waals surface area contributed by atoms with Gasteiger partial charge in [0.25, 0.3) is 5.91 Å². The number of nitrogens with one attached hydrogen (secondary N) is 2. The minimum Gasteiger partial charge on any atom is -0.372 e. The Balaban J connectivity index is 1.40. The maximum atomic E-state index is 13.7. The van der Waals surface area contributed by atoms with E-state index in [1.165, 1.54) is 31.0 Å². The summed E-state index contributed by atoms with van der Waals surface area (Å²) in [6, 6.07) is 14.0. The van der Waals surface area contributed by atoms with E-state index in [9.17, 15) is 13.6 Å². The van der Waals surface area contributed by atoms with Crippen molar-refractivity contribution in [1.29, 1.82) is 0 Å². The zero-order valence-electron chi connectivity index (χ0n) is 15.5. The van der Waals surface area contributed by atoms with Gasteiger partial charge in [-0.05, 0) is 61.4 Å². The lowest BCUT2D eigenvalue weighted by atomic mass is 10.2. The molecule has 1 aliphatic rings. The molecule has 3 aromatic rings. The highest BCUT2D eigenvalue weighted by atomic mass is 19.1. The van der Waals surface area contributed by atoms with Gasteiger partial charge in [0.1, 0.15) is 17.3 Å². The quantitative estimate of drug-likeness (QED) is 0.672. The molecule has 0 atom stereocenters. The van der Waals surface area contributed by atoms with E-state index in [0.717, 1.165) is 30.9 Å². The molecule has 4 rings (SSSR count). The van der Waals surface area contributed by atoms with E-state index in [0.29, 0.717) is 5.69 Å². The summed E-state index contributed by atoms with van der Waals surface area (Å²) in [6.45, 7) is 2.11. The maximum absolute atomic E-state index is 13.7. The third-order valence-corrected chi connectivity index (χ3v) is 4.71. The standard InChI is InChI=1S/C21H19F2N5O/c22-16-4-3-5-17(23)20(16)25-19-11-10-18(26-27-19)21(29)24-14-6-8-15(9-7-14)28-12-1-2-13-28/h3-11H,1-2,12-13H2,(H,24,29)(H,25,27). The molecule has 0 bridgehead atoms. The molecule has 6 nitrogen and oxygen atoms in total. The predicted octanol–water partition coefficient (Wildman–Crippen LogP) is 4.35. The summed E-state index contributed by atoms with van der Waals surface area (Å²) in [4.78, 5) is 14.7. The highest BCUT2D eigenvalue weighted by Gasteiger charge is 2.14. The van der Waals surface area contributed by atoms with Crippen molar-refractivity contribution in [3.8, 4) is 0 Å². The lowest BCUT2D eigenvalue weighted by molar-refractivity contribution is 0.102. The van der Waals surface area contributed by atoms with Crippen molar-refractivity contribution in [2.24, 2.45) is 0 Å². The summed E-state index contributed by atoms with van der Waals surface area (Å²) in [5.74, 6) is -1.78. The molecule has 1 saturated heterocycles. The van der Waals surface area contributed by atoms with Gasteiger partial charge in [-0.3, -0.25) is 4.79 Å². The predicted molar refractivity (Wildman–Crippen MR) is 108 cm³/mol. The first-order valence-electron chi connectivity index (χ1n) is 9.31. The number of amides is 1. The van der Waals surface area contributed by atoms with E-state index in [4.69, 9.17) is 0 Å². The Bertz CT molecular complexity index is 982. The molecule has 0 unspecified atom stereocenters. The molecule has 29 heavy (non-hydrogen) atoms. The van der Waals surface area contributed by atoms with E-state index in [2.05, 4.69) is 25.7 Å². The molecular weight excluding hydrogens is 376 g/mol. The second kappa shape index (κ2) is 8.22. The molecular formula is C21H19F2N5O. The number of para-hydroxylation sites is 1. The minimum atomic E-state index is -0.744. The van der Waals surface area contributed by atoms with E-state index in [1.807, 2.05) is 24.3 Å². The van der Waals surface area contributed by atoms with Gasteiger partial charge in [0.15, 0.2) is 11.5 Å². The van der Waals surface area contributed by atoms with Crippen LogP contribution in [0.1, 0.15) is 23.3 Å². The molecule has 8 heteroatoms. The van der Waals surface area contributed by atoms with Crippen LogP contribution < -0.4 is 15.5 Å². The molecule has 1 aliphatic heterocycles. The largest absolute Gasteiger partial charge is 0.372 e. The number of benzene rings is 2. The number of anilines is 4. The van der Waals surface area contributed by atoms with Gasteiger partial charge in [-0.25, -0.2) is 8.78 Å². The van der Waals surface area contributed by atoms with E-state index in [1.54, 1.807) is 0 Å². The van der Waals surface area contributed by atoms with Crippen LogP contribution in [0.4, 0.5) is 31.7 Å². The molecule has 1 aromatic heterocycles. The number of hydrogen-bond donors (Lipinski definition) is 2. The number of hydrogen-bond acceptors (Lipinski definition) is 5. The summed E-state index contributed by atoms with van der Waals surface area (Å²) < 4.78 is 27.4. The van der Waals surface area contributed by atoms with E-state index in [-0.39, 0.29) is 17.2 Å². The normalized spacial score (nSPS) is 13.4. The molecule has 148 valence electrons. The smallest absolute Gasteiger partial charge is 0.276 e. The van der Waals surface area contributed by atoms with Crippen LogP contribution in [-0.2, 0) is 0 Å². The fourth-order valence-corrected chi connectivity index (χ4v) is 3.19. The molecule has 0 spiro atoms. The average molecular weight is 395 g/mol. The number of aromatic nitrogens is 2. The van der Waals surface area contributed by atoms with Crippen LogP contribution in [0, 0.1) is 11.6 Å². The Labute approximate surface area is 166 Å². The van der Waals surface area contributed by atoms with E-state index >= 15 is 0 Å². The number of carbonyl (C=O) groups is 1. The fraction of sp³-hybridized carbons (Fsp3) is 0.190. The highest BCUT2D eigenvalue weighted by Crippen LogP contribution is 2.23. The van der Waals surface area contributed by atoms with Gasteiger partial charge in [0.05, 0.1) is 0 Å². The molecule has 0 radical (unpaired) electrons. The van der Waals surface area contributed by atoms with Gasteiger partial charge in [-0.1, -0.05) is 6.07 Å². The summed E-state index contributed by atoms with van der Waals surface area (Å²) in [5.41, 5.74) is 1.55. The van der Waals surface area contributed by atoms with Gasteiger partial charge in [0.2, 0.25) is 0 Å². The van der Waals surface area contributed by atoms with Crippen molar-refractivity contribution < 1.29 is 13.6 Å². The summed E-state index contributed by atoms with van der Waals surface area (Å²) in [7, 11) is 0. The van der Waals surface area contributed by atoms with Crippen LogP contribution in [-0.4, -0.2) is 29.2 Å². The summed E-state index contributed by atoms with van der Waals surface area (Å²) in [5, 5.41) is 12.9. The second-order valence-electron chi connectivity index (χ2n) is 6.72. The van der Waals surface area contributed by atoms with Crippen molar-refractivity contribution in [1.82, 2.24) is 10.2 Å². The van der Waals surface area contributed by atoms with Gasteiger partial charge >= 0.3 is 0 Å². The monoisotopic (exact) mass is 395 g/mol. The first kappa shape index (κ1) is 18.8. The van der Waals surface area contributed by atoms with Crippen LogP contribution in [0.15, 0.2) is 54.6 Å². The minimum absolute atomic E-state index is 0.0909. The van der Waals surface area contributed by atoms with Crippen LogP contribution in [0.25, 0.3) is 0 Å². The molecule has 0 saturated carbocycles. The van der Waals surface area contributed by atoms with Crippen molar-refractivity contribution in [2.45, 2.75) is 12.8 Å². The number of carbonyl (C=O) groups excluding carboxylic acids is 1. The number of rotatable bonds is 5. The second-order valence-corrected chi connectivity index (χ2v) is 6.72. The van der Waals surface area contributed by atoms with Crippen molar-refractivity contribution in [2.75, 3.05) is 28.6 Å². The van der Waals surface area contributed by atoms with Gasteiger partial charge in [-0.15, -0.1) is 10.2 Å². The maximum Gasteiger partial charge on any atom is 0.276 e. The Morgan fingerprint density at radius 1 is 0.897 bits per heavy atom. The molecule has 1 fully saturated rings. The highest BCUT2D eigenvalue weighted by molar-refractivity contribution is 6.02. The molecule has 1 amide bonds. The van der Waals surface area contributed by atoms with Crippen molar-refractivity contribution >= 4 is 28.8 Å². The number of halogens is 2. The molecule has 2 heterocycles. The fourth-order valence-electron chi connectivity index (χ4n) is 3.19. The first-order chi connectivity index (χ1) is 14.1. The van der Waals surface area contributed by atoms with Crippen molar-refractivity contribution in [3.05, 3.63) is 71.9 Å². The van der Waals surface area contributed by atoms with Crippen LogP contribution in [0.3, 0.4) is 0 Å². The van der Waals surface area contributed by atoms with Crippen LogP contribution >= 0.6 is 0 Å². The van der Waals surface area contributed by atoms with Gasteiger partial charge in [-0.2, -0.15) is 0 Å². The third-order valence-electron chi connectivity index (χ3n) is 4.71.